The quantitative estimate of drug-likeness (QED) is 0.818. The topological polar surface area (TPSA) is 76.8 Å². The minimum Gasteiger partial charge on any atom is -0.494 e. The molecular weight excluding hydrogens is 318 g/mol. The van der Waals surface area contributed by atoms with Gasteiger partial charge in [-0.2, -0.15) is 0 Å². The SMILES string of the molecule is CCOc1ccc(NC(=O)C(C)N2CCOc3cc(N)ccc32)cc1. The zero-order valence-electron chi connectivity index (χ0n) is 14.5. The molecule has 3 N–H and O–H groups in total. The molecule has 1 aliphatic heterocycles. The molecule has 0 spiro atoms. The molecule has 0 aromatic heterocycles. The molecule has 1 aliphatic rings. The van der Waals surface area contributed by atoms with Gasteiger partial charge in [-0.3, -0.25) is 4.79 Å². The summed E-state index contributed by atoms with van der Waals surface area (Å²) in [7, 11) is 0. The highest BCUT2D eigenvalue weighted by molar-refractivity contribution is 5.97. The van der Waals surface area contributed by atoms with Crippen molar-refractivity contribution in [2.75, 3.05) is 35.7 Å². The molecule has 6 heteroatoms. The number of ether oxygens (including phenoxy) is 2. The minimum atomic E-state index is -0.335. The number of nitrogens with one attached hydrogen (secondary N) is 1. The molecule has 3 rings (SSSR count). The number of nitrogens with two attached hydrogens (primary N) is 1. The lowest BCUT2D eigenvalue weighted by Gasteiger charge is -2.35. The largest absolute Gasteiger partial charge is 0.494 e. The Morgan fingerprint density at radius 2 is 2.08 bits per heavy atom. The lowest BCUT2D eigenvalue weighted by molar-refractivity contribution is -0.117. The second-order valence-electron chi connectivity index (χ2n) is 5.89. The Kier molecular flexibility index (Phi) is 4.97. The van der Waals surface area contributed by atoms with E-state index >= 15 is 0 Å². The summed E-state index contributed by atoms with van der Waals surface area (Å²) in [6.45, 7) is 5.61. The fourth-order valence-corrected chi connectivity index (χ4v) is 2.85. The molecule has 0 saturated heterocycles. The number of nitrogen functional groups attached to an aromatic ring is 1. The van der Waals surface area contributed by atoms with Gasteiger partial charge in [-0.1, -0.05) is 0 Å². The van der Waals surface area contributed by atoms with Crippen LogP contribution in [-0.4, -0.2) is 31.7 Å². The molecule has 0 radical (unpaired) electrons. The van der Waals surface area contributed by atoms with Crippen LogP contribution in [0.25, 0.3) is 0 Å². The van der Waals surface area contributed by atoms with Crippen molar-refractivity contribution in [2.24, 2.45) is 0 Å². The molecule has 132 valence electrons. The smallest absolute Gasteiger partial charge is 0.246 e. The van der Waals surface area contributed by atoms with E-state index in [4.69, 9.17) is 15.2 Å². The van der Waals surface area contributed by atoms with Crippen LogP contribution < -0.4 is 25.4 Å². The summed E-state index contributed by atoms with van der Waals surface area (Å²) < 4.78 is 11.1. The number of fused-ring (bicyclic) bond motifs is 1. The van der Waals surface area contributed by atoms with E-state index in [1.165, 1.54) is 0 Å². The number of nitrogens with zero attached hydrogens (tertiary/aromatic N) is 1. The molecule has 6 nitrogen and oxygen atoms in total. The van der Waals surface area contributed by atoms with Gasteiger partial charge < -0.3 is 25.4 Å². The number of carbonyl (C=O) groups excluding carboxylic acids is 1. The van der Waals surface area contributed by atoms with E-state index in [9.17, 15) is 4.79 Å². The third-order valence-electron chi connectivity index (χ3n) is 4.16. The number of carbonyl (C=O) groups is 1. The van der Waals surface area contributed by atoms with Crippen molar-refractivity contribution in [3.8, 4) is 11.5 Å². The predicted octanol–water partition coefficient (Wildman–Crippen LogP) is 2.89. The summed E-state index contributed by atoms with van der Waals surface area (Å²) >= 11 is 0. The lowest BCUT2D eigenvalue weighted by atomic mass is 10.1. The summed E-state index contributed by atoms with van der Waals surface area (Å²) in [5, 5.41) is 2.95. The second-order valence-corrected chi connectivity index (χ2v) is 5.89. The van der Waals surface area contributed by atoms with E-state index in [0.717, 1.165) is 17.1 Å². The van der Waals surface area contributed by atoms with E-state index in [2.05, 4.69) is 5.32 Å². The number of hydrogen-bond donors (Lipinski definition) is 2. The molecule has 25 heavy (non-hydrogen) atoms. The van der Waals surface area contributed by atoms with Crippen molar-refractivity contribution in [1.82, 2.24) is 0 Å². The van der Waals surface area contributed by atoms with Gasteiger partial charge in [-0.05, 0) is 50.2 Å². The Morgan fingerprint density at radius 1 is 1.32 bits per heavy atom. The molecular formula is C19H23N3O3. The molecule has 1 heterocycles. The molecule has 0 saturated carbocycles. The van der Waals surface area contributed by atoms with Gasteiger partial charge in [0.25, 0.3) is 0 Å². The minimum absolute atomic E-state index is 0.0752. The molecule has 1 unspecified atom stereocenters. The van der Waals surface area contributed by atoms with Gasteiger partial charge in [0, 0.05) is 17.4 Å². The maximum Gasteiger partial charge on any atom is 0.246 e. The van der Waals surface area contributed by atoms with E-state index in [-0.39, 0.29) is 11.9 Å². The van der Waals surface area contributed by atoms with Crippen molar-refractivity contribution >= 4 is 23.0 Å². The number of benzene rings is 2. The number of rotatable bonds is 5. The number of hydrogen-bond acceptors (Lipinski definition) is 5. The Bertz CT molecular complexity index is 746. The van der Waals surface area contributed by atoms with E-state index in [0.29, 0.717) is 31.2 Å². The molecule has 0 aliphatic carbocycles. The highest BCUT2D eigenvalue weighted by Gasteiger charge is 2.27. The molecule has 1 amide bonds. The number of amides is 1. The molecule has 2 aromatic carbocycles. The highest BCUT2D eigenvalue weighted by atomic mass is 16.5. The van der Waals surface area contributed by atoms with Crippen LogP contribution in [0.2, 0.25) is 0 Å². The maximum absolute atomic E-state index is 12.6. The van der Waals surface area contributed by atoms with Gasteiger partial charge in [0.05, 0.1) is 18.8 Å². The van der Waals surface area contributed by atoms with Crippen molar-refractivity contribution < 1.29 is 14.3 Å². The van der Waals surface area contributed by atoms with Crippen molar-refractivity contribution in [3.05, 3.63) is 42.5 Å². The van der Waals surface area contributed by atoms with Gasteiger partial charge in [0.15, 0.2) is 0 Å². The zero-order chi connectivity index (χ0) is 17.8. The van der Waals surface area contributed by atoms with E-state index < -0.39 is 0 Å². The summed E-state index contributed by atoms with van der Waals surface area (Å²) in [4.78, 5) is 14.7. The van der Waals surface area contributed by atoms with Gasteiger partial charge in [0.2, 0.25) is 5.91 Å². The van der Waals surface area contributed by atoms with Crippen molar-refractivity contribution in [1.29, 1.82) is 0 Å². The van der Waals surface area contributed by atoms with Crippen LogP contribution in [0.3, 0.4) is 0 Å². The average Bonchev–Trinajstić information content (AvgIpc) is 2.62. The highest BCUT2D eigenvalue weighted by Crippen LogP contribution is 2.34. The number of anilines is 3. The summed E-state index contributed by atoms with van der Waals surface area (Å²) in [6.07, 6.45) is 0. The molecule has 0 fully saturated rings. The van der Waals surface area contributed by atoms with Crippen LogP contribution in [-0.2, 0) is 4.79 Å². The Hall–Kier alpha value is -2.89. The summed E-state index contributed by atoms with van der Waals surface area (Å²) in [6, 6.07) is 12.5. The second kappa shape index (κ2) is 7.34. The molecule has 2 aromatic rings. The lowest BCUT2D eigenvalue weighted by Crippen LogP contribution is -2.46. The monoisotopic (exact) mass is 341 g/mol. The van der Waals surface area contributed by atoms with Crippen molar-refractivity contribution in [3.63, 3.8) is 0 Å². The fraction of sp³-hybridized carbons (Fsp3) is 0.316. The van der Waals surface area contributed by atoms with Gasteiger partial charge in [0.1, 0.15) is 24.1 Å². The Labute approximate surface area is 147 Å². The normalized spacial score (nSPS) is 14.2. The van der Waals surface area contributed by atoms with Crippen LogP contribution in [0.4, 0.5) is 17.1 Å². The summed E-state index contributed by atoms with van der Waals surface area (Å²) in [5.74, 6) is 1.43. The fourth-order valence-electron chi connectivity index (χ4n) is 2.85. The first-order valence-electron chi connectivity index (χ1n) is 8.41. The maximum atomic E-state index is 12.6. The standard InChI is InChI=1S/C19H23N3O3/c1-3-24-16-7-5-15(6-8-16)21-19(23)13(2)22-10-11-25-18-12-14(20)4-9-17(18)22/h4-9,12-13H,3,10-11,20H2,1-2H3,(H,21,23). The molecule has 0 bridgehead atoms. The molecule has 1 atom stereocenters. The van der Waals surface area contributed by atoms with E-state index in [1.807, 2.05) is 55.1 Å². The summed E-state index contributed by atoms with van der Waals surface area (Å²) in [5.41, 5.74) is 8.08. The third-order valence-corrected chi connectivity index (χ3v) is 4.16. The van der Waals surface area contributed by atoms with Crippen LogP contribution >= 0.6 is 0 Å². The predicted molar refractivity (Wildman–Crippen MR) is 99.4 cm³/mol. The first-order valence-corrected chi connectivity index (χ1v) is 8.41. The van der Waals surface area contributed by atoms with Gasteiger partial charge in [-0.25, -0.2) is 0 Å². The van der Waals surface area contributed by atoms with Crippen LogP contribution in [0.5, 0.6) is 11.5 Å². The first-order chi connectivity index (χ1) is 12.1. The third kappa shape index (κ3) is 3.79. The Balaban J connectivity index is 1.71. The van der Waals surface area contributed by atoms with Crippen LogP contribution in [0, 0.1) is 0 Å². The van der Waals surface area contributed by atoms with Gasteiger partial charge in [-0.15, -0.1) is 0 Å². The van der Waals surface area contributed by atoms with E-state index in [1.54, 1.807) is 6.07 Å². The van der Waals surface area contributed by atoms with Crippen molar-refractivity contribution in [2.45, 2.75) is 19.9 Å². The first kappa shape index (κ1) is 17.0. The zero-order valence-corrected chi connectivity index (χ0v) is 14.5. The Morgan fingerprint density at radius 3 is 2.80 bits per heavy atom. The van der Waals surface area contributed by atoms with Crippen LogP contribution in [0.1, 0.15) is 13.8 Å². The average molecular weight is 341 g/mol. The van der Waals surface area contributed by atoms with Crippen LogP contribution in [0.15, 0.2) is 42.5 Å². The van der Waals surface area contributed by atoms with Gasteiger partial charge >= 0.3 is 0 Å².